The van der Waals surface area contributed by atoms with Crippen molar-refractivity contribution in [2.75, 3.05) is 5.32 Å². The Morgan fingerprint density at radius 3 is 2.65 bits per heavy atom. The van der Waals surface area contributed by atoms with Crippen molar-refractivity contribution in [3.8, 4) is 5.69 Å². The van der Waals surface area contributed by atoms with Crippen LogP contribution in [0.3, 0.4) is 0 Å². The van der Waals surface area contributed by atoms with Gasteiger partial charge in [0, 0.05) is 12.4 Å². The minimum Gasteiger partial charge on any atom is -0.364 e. The highest BCUT2D eigenvalue weighted by Crippen LogP contribution is 2.23. The molecule has 1 unspecified atom stereocenters. The van der Waals surface area contributed by atoms with Crippen LogP contribution >= 0.6 is 0 Å². The SMILES string of the molecule is CC(Nc1ccc(C(N)=O)nn1)c1ccccc1-n1cccn1. The molecule has 7 heteroatoms. The van der Waals surface area contributed by atoms with Crippen molar-refractivity contribution < 1.29 is 4.79 Å². The Balaban J connectivity index is 1.84. The van der Waals surface area contributed by atoms with Crippen molar-refractivity contribution in [1.29, 1.82) is 0 Å². The summed E-state index contributed by atoms with van der Waals surface area (Å²) in [7, 11) is 0. The van der Waals surface area contributed by atoms with Gasteiger partial charge in [0.2, 0.25) is 0 Å². The van der Waals surface area contributed by atoms with Gasteiger partial charge in [0.25, 0.3) is 5.91 Å². The second-order valence-corrected chi connectivity index (χ2v) is 5.04. The molecule has 0 aliphatic rings. The molecule has 116 valence electrons. The predicted molar refractivity (Wildman–Crippen MR) is 86.2 cm³/mol. The van der Waals surface area contributed by atoms with Gasteiger partial charge in [0.1, 0.15) is 5.82 Å². The van der Waals surface area contributed by atoms with Crippen LogP contribution in [0.5, 0.6) is 0 Å². The van der Waals surface area contributed by atoms with Crippen molar-refractivity contribution in [3.05, 3.63) is 66.1 Å². The van der Waals surface area contributed by atoms with Crippen molar-refractivity contribution in [2.24, 2.45) is 5.73 Å². The van der Waals surface area contributed by atoms with Gasteiger partial charge >= 0.3 is 0 Å². The van der Waals surface area contributed by atoms with Crippen LogP contribution in [0.1, 0.15) is 29.0 Å². The van der Waals surface area contributed by atoms with Gasteiger partial charge in [-0.1, -0.05) is 18.2 Å². The Kier molecular flexibility index (Phi) is 4.01. The van der Waals surface area contributed by atoms with E-state index in [9.17, 15) is 4.79 Å². The molecule has 3 N–H and O–H groups in total. The zero-order chi connectivity index (χ0) is 16.2. The molecule has 1 atom stereocenters. The lowest BCUT2D eigenvalue weighted by Crippen LogP contribution is -2.15. The lowest BCUT2D eigenvalue weighted by molar-refractivity contribution is 0.0994. The molecule has 0 saturated carbocycles. The second-order valence-electron chi connectivity index (χ2n) is 5.04. The van der Waals surface area contributed by atoms with Gasteiger partial charge in [-0.25, -0.2) is 4.68 Å². The summed E-state index contributed by atoms with van der Waals surface area (Å²) in [6.45, 7) is 2.02. The number of aromatic nitrogens is 4. The van der Waals surface area contributed by atoms with Crippen LogP contribution in [0.25, 0.3) is 5.69 Å². The normalized spacial score (nSPS) is 11.9. The number of amides is 1. The summed E-state index contributed by atoms with van der Waals surface area (Å²) in [6, 6.07) is 13.1. The van der Waals surface area contributed by atoms with Gasteiger partial charge < -0.3 is 11.1 Å². The number of para-hydroxylation sites is 1. The highest BCUT2D eigenvalue weighted by molar-refractivity contribution is 5.90. The van der Waals surface area contributed by atoms with E-state index in [1.165, 1.54) is 0 Å². The molecule has 2 heterocycles. The molecule has 0 fully saturated rings. The molecule has 0 saturated heterocycles. The molecule has 0 aliphatic carbocycles. The first kappa shape index (κ1) is 14.7. The van der Waals surface area contributed by atoms with Gasteiger partial charge in [-0.05, 0) is 36.8 Å². The number of hydrogen-bond donors (Lipinski definition) is 2. The fraction of sp³-hybridized carbons (Fsp3) is 0.125. The molecule has 0 bridgehead atoms. The summed E-state index contributed by atoms with van der Waals surface area (Å²) in [6.07, 6.45) is 3.63. The van der Waals surface area contributed by atoms with Gasteiger partial charge in [0.05, 0.1) is 11.7 Å². The summed E-state index contributed by atoms with van der Waals surface area (Å²) >= 11 is 0. The molecule has 7 nitrogen and oxygen atoms in total. The van der Waals surface area contributed by atoms with Crippen molar-refractivity contribution >= 4 is 11.7 Å². The molecule has 3 aromatic rings. The van der Waals surface area contributed by atoms with Crippen molar-refractivity contribution in [2.45, 2.75) is 13.0 Å². The van der Waals surface area contributed by atoms with Crippen LogP contribution in [-0.4, -0.2) is 25.9 Å². The third kappa shape index (κ3) is 3.18. The molecule has 3 rings (SSSR count). The van der Waals surface area contributed by atoms with E-state index in [2.05, 4.69) is 20.6 Å². The van der Waals surface area contributed by atoms with E-state index in [0.717, 1.165) is 11.3 Å². The largest absolute Gasteiger partial charge is 0.364 e. The molecule has 0 radical (unpaired) electrons. The van der Waals surface area contributed by atoms with E-state index >= 15 is 0 Å². The number of carbonyl (C=O) groups is 1. The quantitative estimate of drug-likeness (QED) is 0.750. The predicted octanol–water partition coefficient (Wildman–Crippen LogP) is 1.93. The fourth-order valence-corrected chi connectivity index (χ4v) is 2.31. The Morgan fingerprint density at radius 2 is 2.00 bits per heavy atom. The summed E-state index contributed by atoms with van der Waals surface area (Å²) in [5.74, 6) is -0.0288. The van der Waals surface area contributed by atoms with Crippen LogP contribution in [0.4, 0.5) is 5.82 Å². The zero-order valence-corrected chi connectivity index (χ0v) is 12.5. The van der Waals surface area contributed by atoms with Crippen molar-refractivity contribution in [3.63, 3.8) is 0 Å². The highest BCUT2D eigenvalue weighted by atomic mass is 16.1. The minimum absolute atomic E-state index is 0.0240. The molecular weight excluding hydrogens is 292 g/mol. The third-order valence-electron chi connectivity index (χ3n) is 3.44. The molecular formula is C16H16N6O. The zero-order valence-electron chi connectivity index (χ0n) is 12.5. The second kappa shape index (κ2) is 6.27. The molecule has 2 aromatic heterocycles. The maximum Gasteiger partial charge on any atom is 0.269 e. The number of anilines is 1. The van der Waals surface area contributed by atoms with E-state index in [0.29, 0.717) is 5.82 Å². The summed E-state index contributed by atoms with van der Waals surface area (Å²) in [5, 5.41) is 15.3. The van der Waals surface area contributed by atoms with Gasteiger partial charge in [-0.3, -0.25) is 4.79 Å². The van der Waals surface area contributed by atoms with Crippen LogP contribution in [0.15, 0.2) is 54.9 Å². The molecule has 1 aromatic carbocycles. The number of nitrogens with one attached hydrogen (secondary N) is 1. The van der Waals surface area contributed by atoms with Crippen LogP contribution in [0, 0.1) is 0 Å². The maximum absolute atomic E-state index is 11.0. The van der Waals surface area contributed by atoms with Crippen molar-refractivity contribution in [1.82, 2.24) is 20.0 Å². The topological polar surface area (TPSA) is 98.7 Å². The lowest BCUT2D eigenvalue weighted by Gasteiger charge is -2.18. The Labute approximate surface area is 133 Å². The highest BCUT2D eigenvalue weighted by Gasteiger charge is 2.13. The lowest BCUT2D eigenvalue weighted by atomic mass is 10.1. The number of hydrogen-bond acceptors (Lipinski definition) is 5. The average Bonchev–Trinajstić information content (AvgIpc) is 3.09. The Hall–Kier alpha value is -3.22. The first-order valence-corrected chi connectivity index (χ1v) is 7.14. The molecule has 23 heavy (non-hydrogen) atoms. The number of nitrogens with zero attached hydrogens (tertiary/aromatic N) is 4. The van der Waals surface area contributed by atoms with E-state index in [4.69, 9.17) is 5.73 Å². The van der Waals surface area contributed by atoms with Gasteiger partial charge in [-0.2, -0.15) is 5.10 Å². The Bertz CT molecular complexity index is 798. The number of benzene rings is 1. The molecule has 1 amide bonds. The first-order valence-electron chi connectivity index (χ1n) is 7.14. The van der Waals surface area contributed by atoms with Crippen LogP contribution in [-0.2, 0) is 0 Å². The van der Waals surface area contributed by atoms with E-state index < -0.39 is 5.91 Å². The Morgan fingerprint density at radius 1 is 1.17 bits per heavy atom. The average molecular weight is 308 g/mol. The number of rotatable bonds is 5. The standard InChI is InChI=1S/C16H16N6O/c1-11(19-15-8-7-13(16(17)23)20-21-15)12-5-2-3-6-14(12)22-10-4-9-18-22/h2-11H,1H3,(H2,17,23)(H,19,21). The van der Waals surface area contributed by atoms with E-state index in [1.54, 1.807) is 18.3 Å². The first-order chi connectivity index (χ1) is 11.1. The third-order valence-corrected chi connectivity index (χ3v) is 3.44. The molecule has 0 spiro atoms. The summed E-state index contributed by atoms with van der Waals surface area (Å²) < 4.78 is 1.81. The summed E-state index contributed by atoms with van der Waals surface area (Å²) in [5.41, 5.74) is 7.35. The molecule has 0 aliphatic heterocycles. The number of primary amides is 1. The van der Waals surface area contributed by atoms with Crippen LogP contribution in [0.2, 0.25) is 0 Å². The van der Waals surface area contributed by atoms with Gasteiger partial charge in [-0.15, -0.1) is 10.2 Å². The maximum atomic E-state index is 11.0. The monoisotopic (exact) mass is 308 g/mol. The fourth-order valence-electron chi connectivity index (χ4n) is 2.31. The number of nitrogens with two attached hydrogens (primary N) is 1. The summed E-state index contributed by atoms with van der Waals surface area (Å²) in [4.78, 5) is 11.0. The van der Waals surface area contributed by atoms with Gasteiger partial charge in [0.15, 0.2) is 5.69 Å². The number of carbonyl (C=O) groups excluding carboxylic acids is 1. The minimum atomic E-state index is -0.596. The van der Waals surface area contributed by atoms with E-state index in [-0.39, 0.29) is 11.7 Å². The van der Waals surface area contributed by atoms with E-state index in [1.807, 2.05) is 48.1 Å². The smallest absolute Gasteiger partial charge is 0.269 e. The van der Waals surface area contributed by atoms with Crippen LogP contribution < -0.4 is 11.1 Å².